The molecule has 0 aromatic heterocycles. The molecule has 1 rings (SSSR count). The van der Waals surface area contributed by atoms with Crippen LogP contribution < -0.4 is 5.73 Å². The van der Waals surface area contributed by atoms with E-state index in [4.69, 9.17) is 5.73 Å². The van der Waals surface area contributed by atoms with Gasteiger partial charge in [0.25, 0.3) is 0 Å². The number of rotatable bonds is 4. The molecule has 0 aliphatic heterocycles. The van der Waals surface area contributed by atoms with E-state index in [0.717, 1.165) is 25.7 Å². The molecule has 0 aromatic carbocycles. The molecule has 0 spiro atoms. The van der Waals surface area contributed by atoms with Crippen molar-refractivity contribution < 1.29 is 17.9 Å². The van der Waals surface area contributed by atoms with Gasteiger partial charge in [0, 0.05) is 6.04 Å². The zero-order valence-corrected chi connectivity index (χ0v) is 8.72. The lowest BCUT2D eigenvalue weighted by atomic mass is 9.84. The monoisotopic (exact) mass is 225 g/mol. The molecule has 90 valence electrons. The Morgan fingerprint density at radius 1 is 1.20 bits per heavy atom. The first-order valence-electron chi connectivity index (χ1n) is 5.39. The third kappa shape index (κ3) is 5.37. The van der Waals surface area contributed by atoms with Gasteiger partial charge in [-0.05, 0) is 18.8 Å². The van der Waals surface area contributed by atoms with Crippen LogP contribution in [0.5, 0.6) is 0 Å². The van der Waals surface area contributed by atoms with Crippen molar-refractivity contribution in [1.82, 2.24) is 0 Å². The van der Waals surface area contributed by atoms with E-state index >= 15 is 0 Å². The highest BCUT2D eigenvalue weighted by molar-refractivity contribution is 4.76. The number of ether oxygens (including phenoxy) is 1. The van der Waals surface area contributed by atoms with Crippen LogP contribution in [0.3, 0.4) is 0 Å². The second kappa shape index (κ2) is 5.70. The largest absolute Gasteiger partial charge is 0.411 e. The van der Waals surface area contributed by atoms with Crippen LogP contribution in [0.25, 0.3) is 0 Å². The molecule has 1 atom stereocenters. The Hall–Kier alpha value is -0.290. The maximum atomic E-state index is 11.8. The highest BCUT2D eigenvalue weighted by atomic mass is 19.4. The summed E-state index contributed by atoms with van der Waals surface area (Å²) in [6.07, 6.45) is 1.29. The van der Waals surface area contributed by atoms with Gasteiger partial charge < -0.3 is 10.5 Å². The summed E-state index contributed by atoms with van der Waals surface area (Å²) in [5.41, 5.74) is 5.79. The molecule has 1 unspecified atom stereocenters. The van der Waals surface area contributed by atoms with Crippen molar-refractivity contribution in [3.05, 3.63) is 0 Å². The maximum Gasteiger partial charge on any atom is 0.411 e. The van der Waals surface area contributed by atoms with Crippen molar-refractivity contribution in [2.24, 2.45) is 11.7 Å². The standard InChI is InChI=1S/C10H18F3NO/c11-10(12,13)7-15-6-9(14)8-4-2-1-3-5-8/h8-9H,1-7,14H2. The molecule has 0 aromatic rings. The van der Waals surface area contributed by atoms with Crippen LogP contribution in [-0.2, 0) is 4.74 Å². The van der Waals surface area contributed by atoms with Crippen molar-refractivity contribution in [2.75, 3.05) is 13.2 Å². The average Bonchev–Trinajstić information content (AvgIpc) is 2.17. The Morgan fingerprint density at radius 2 is 1.80 bits per heavy atom. The fourth-order valence-electron chi connectivity index (χ4n) is 2.01. The minimum Gasteiger partial charge on any atom is -0.370 e. The summed E-state index contributed by atoms with van der Waals surface area (Å²) in [6, 6.07) is -0.243. The number of nitrogens with two attached hydrogens (primary N) is 1. The van der Waals surface area contributed by atoms with Crippen LogP contribution in [0, 0.1) is 5.92 Å². The SMILES string of the molecule is NC(COCC(F)(F)F)C1CCCCC1. The fourth-order valence-corrected chi connectivity index (χ4v) is 2.01. The van der Waals surface area contributed by atoms with E-state index in [1.165, 1.54) is 6.42 Å². The Morgan fingerprint density at radius 3 is 2.33 bits per heavy atom. The first kappa shape index (κ1) is 12.8. The molecule has 0 bridgehead atoms. The first-order chi connectivity index (χ1) is 6.99. The summed E-state index contributed by atoms with van der Waals surface area (Å²) in [5, 5.41) is 0. The quantitative estimate of drug-likeness (QED) is 0.797. The minimum atomic E-state index is -4.24. The predicted molar refractivity (Wildman–Crippen MR) is 51.4 cm³/mol. The molecular formula is C10H18F3NO. The van der Waals surface area contributed by atoms with E-state index in [1.54, 1.807) is 0 Å². The van der Waals surface area contributed by atoms with E-state index < -0.39 is 12.8 Å². The van der Waals surface area contributed by atoms with Gasteiger partial charge in [0.05, 0.1) is 6.61 Å². The smallest absolute Gasteiger partial charge is 0.370 e. The van der Waals surface area contributed by atoms with Gasteiger partial charge in [-0.3, -0.25) is 0 Å². The van der Waals surface area contributed by atoms with Crippen molar-refractivity contribution in [3.8, 4) is 0 Å². The Labute approximate surface area is 88.0 Å². The molecule has 0 amide bonds. The second-order valence-electron chi connectivity index (χ2n) is 4.19. The Kier molecular flexibility index (Phi) is 4.86. The summed E-state index contributed by atoms with van der Waals surface area (Å²) in [4.78, 5) is 0. The minimum absolute atomic E-state index is 0.0180. The number of alkyl halides is 3. The highest BCUT2D eigenvalue weighted by Crippen LogP contribution is 2.26. The zero-order chi connectivity index (χ0) is 11.3. The van der Waals surface area contributed by atoms with Crippen molar-refractivity contribution in [1.29, 1.82) is 0 Å². The number of hydrogen-bond acceptors (Lipinski definition) is 2. The molecule has 2 nitrogen and oxygen atoms in total. The van der Waals surface area contributed by atoms with Crippen LogP contribution in [0.4, 0.5) is 13.2 Å². The predicted octanol–water partition coefficient (Wildman–Crippen LogP) is 2.47. The van der Waals surface area contributed by atoms with Crippen molar-refractivity contribution in [2.45, 2.75) is 44.3 Å². The zero-order valence-electron chi connectivity index (χ0n) is 8.72. The third-order valence-corrected chi connectivity index (χ3v) is 2.83. The summed E-state index contributed by atoms with van der Waals surface area (Å²) in [7, 11) is 0. The summed E-state index contributed by atoms with van der Waals surface area (Å²) >= 11 is 0. The van der Waals surface area contributed by atoms with Gasteiger partial charge in [-0.2, -0.15) is 13.2 Å². The van der Waals surface area contributed by atoms with Gasteiger partial charge in [0.2, 0.25) is 0 Å². The molecule has 1 saturated carbocycles. The van der Waals surface area contributed by atoms with Gasteiger partial charge in [0.15, 0.2) is 0 Å². The number of halogens is 3. The van der Waals surface area contributed by atoms with Crippen LogP contribution in [0.2, 0.25) is 0 Å². The molecular weight excluding hydrogens is 207 g/mol. The molecule has 1 aliphatic carbocycles. The van der Waals surface area contributed by atoms with Crippen LogP contribution in [0.15, 0.2) is 0 Å². The third-order valence-electron chi connectivity index (χ3n) is 2.83. The van der Waals surface area contributed by atoms with Gasteiger partial charge in [-0.15, -0.1) is 0 Å². The fraction of sp³-hybridized carbons (Fsp3) is 1.00. The van der Waals surface area contributed by atoms with E-state index in [0.29, 0.717) is 5.92 Å². The summed E-state index contributed by atoms with van der Waals surface area (Å²) < 4.78 is 39.9. The van der Waals surface area contributed by atoms with Crippen LogP contribution in [0.1, 0.15) is 32.1 Å². The molecule has 2 N–H and O–H groups in total. The first-order valence-corrected chi connectivity index (χ1v) is 5.39. The van der Waals surface area contributed by atoms with Crippen molar-refractivity contribution >= 4 is 0 Å². The normalized spacial score (nSPS) is 21.6. The maximum absolute atomic E-state index is 11.8. The molecule has 0 radical (unpaired) electrons. The topological polar surface area (TPSA) is 35.2 Å². The van der Waals surface area contributed by atoms with Gasteiger partial charge in [-0.1, -0.05) is 19.3 Å². The van der Waals surface area contributed by atoms with E-state index in [2.05, 4.69) is 4.74 Å². The molecule has 0 heterocycles. The van der Waals surface area contributed by atoms with Gasteiger partial charge >= 0.3 is 6.18 Å². The van der Waals surface area contributed by atoms with Crippen LogP contribution >= 0.6 is 0 Å². The molecule has 15 heavy (non-hydrogen) atoms. The molecule has 5 heteroatoms. The Balaban J connectivity index is 2.14. The molecule has 0 saturated heterocycles. The van der Waals surface area contributed by atoms with Crippen molar-refractivity contribution in [3.63, 3.8) is 0 Å². The molecule has 1 fully saturated rings. The lowest BCUT2D eigenvalue weighted by Gasteiger charge is -2.27. The lowest BCUT2D eigenvalue weighted by molar-refractivity contribution is -0.175. The number of hydrogen-bond donors (Lipinski definition) is 1. The molecule has 1 aliphatic rings. The average molecular weight is 225 g/mol. The van der Waals surface area contributed by atoms with E-state index in [1.807, 2.05) is 0 Å². The second-order valence-corrected chi connectivity index (χ2v) is 4.19. The summed E-state index contributed by atoms with van der Waals surface area (Å²) in [5.74, 6) is 0.340. The van der Waals surface area contributed by atoms with E-state index in [-0.39, 0.29) is 12.6 Å². The Bertz CT molecular complexity index is 178. The highest BCUT2D eigenvalue weighted by Gasteiger charge is 2.28. The lowest BCUT2D eigenvalue weighted by Crippen LogP contribution is -2.37. The van der Waals surface area contributed by atoms with E-state index in [9.17, 15) is 13.2 Å². The van der Waals surface area contributed by atoms with Gasteiger partial charge in [0.1, 0.15) is 6.61 Å². The summed E-state index contributed by atoms with van der Waals surface area (Å²) in [6.45, 7) is -1.17. The van der Waals surface area contributed by atoms with Gasteiger partial charge in [-0.25, -0.2) is 0 Å². The van der Waals surface area contributed by atoms with Crippen LogP contribution in [-0.4, -0.2) is 25.4 Å².